The van der Waals surface area contributed by atoms with E-state index in [0.29, 0.717) is 17.8 Å². The second kappa shape index (κ2) is 9.88. The molecule has 0 unspecified atom stereocenters. The number of nitrogens with one attached hydrogen (secondary N) is 1. The Labute approximate surface area is 141 Å². The van der Waals surface area contributed by atoms with Gasteiger partial charge in [0.25, 0.3) is 0 Å². The van der Waals surface area contributed by atoms with Gasteiger partial charge in [-0.05, 0) is 19.1 Å². The molecule has 0 aliphatic heterocycles. The Kier molecular flexibility index (Phi) is 7.83. The molecule has 0 aromatic heterocycles. The molecular formula is C16H23N5O3. The van der Waals surface area contributed by atoms with Gasteiger partial charge in [-0.25, -0.2) is 9.59 Å². The summed E-state index contributed by atoms with van der Waals surface area (Å²) in [6, 6.07) is 8.77. The van der Waals surface area contributed by atoms with Crippen LogP contribution >= 0.6 is 0 Å². The number of nitrogens with zero attached hydrogens (tertiary/aromatic N) is 2. The van der Waals surface area contributed by atoms with Crippen LogP contribution in [-0.2, 0) is 9.53 Å². The fraction of sp³-hybridized carbons (Fsp3) is 0.312. The summed E-state index contributed by atoms with van der Waals surface area (Å²) in [7, 11) is 0. The Hall–Kier alpha value is -3.03. The van der Waals surface area contributed by atoms with Crippen LogP contribution in [-0.4, -0.2) is 44.2 Å². The standard InChI is InChI=1S/C16H23N5O3/c1-12(2)14(22)24-11-9-20-16(23)21(10-8-19-15(17)18)13-6-4-3-5-7-13/h3-7H,1,8-11H2,2H3,(H,20,23)(H4,17,18,19). The highest BCUT2D eigenvalue weighted by Crippen LogP contribution is 2.13. The van der Waals surface area contributed by atoms with Crippen molar-refractivity contribution in [2.75, 3.05) is 31.1 Å². The van der Waals surface area contributed by atoms with Crippen molar-refractivity contribution in [3.05, 3.63) is 42.5 Å². The maximum absolute atomic E-state index is 12.3. The van der Waals surface area contributed by atoms with Crippen molar-refractivity contribution in [3.8, 4) is 0 Å². The third kappa shape index (κ3) is 6.82. The van der Waals surface area contributed by atoms with Crippen LogP contribution in [0.2, 0.25) is 0 Å². The molecule has 0 radical (unpaired) electrons. The van der Waals surface area contributed by atoms with Gasteiger partial charge in [0.05, 0.1) is 13.1 Å². The molecule has 1 rings (SSSR count). The fourth-order valence-corrected chi connectivity index (χ4v) is 1.76. The number of amides is 2. The maximum Gasteiger partial charge on any atom is 0.333 e. The van der Waals surface area contributed by atoms with E-state index in [1.54, 1.807) is 19.1 Å². The Morgan fingerprint density at radius 2 is 1.96 bits per heavy atom. The van der Waals surface area contributed by atoms with Gasteiger partial charge < -0.3 is 21.5 Å². The first-order chi connectivity index (χ1) is 11.4. The third-order valence-corrected chi connectivity index (χ3v) is 2.89. The zero-order valence-corrected chi connectivity index (χ0v) is 13.7. The monoisotopic (exact) mass is 333 g/mol. The van der Waals surface area contributed by atoms with Crippen LogP contribution in [0.4, 0.5) is 10.5 Å². The van der Waals surface area contributed by atoms with Gasteiger partial charge >= 0.3 is 12.0 Å². The quantitative estimate of drug-likeness (QED) is 0.211. The van der Waals surface area contributed by atoms with Crippen molar-refractivity contribution in [2.24, 2.45) is 16.5 Å². The van der Waals surface area contributed by atoms with Gasteiger partial charge in [0, 0.05) is 17.8 Å². The molecule has 0 heterocycles. The van der Waals surface area contributed by atoms with Gasteiger partial charge in [0.15, 0.2) is 5.96 Å². The van der Waals surface area contributed by atoms with Crippen molar-refractivity contribution < 1.29 is 14.3 Å². The number of para-hydroxylation sites is 1. The highest BCUT2D eigenvalue weighted by atomic mass is 16.5. The van der Waals surface area contributed by atoms with Crippen LogP contribution in [0.15, 0.2) is 47.5 Å². The second-order valence-electron chi connectivity index (χ2n) is 4.94. The molecule has 8 nitrogen and oxygen atoms in total. The number of rotatable bonds is 8. The van der Waals surface area contributed by atoms with Gasteiger partial charge in [-0.2, -0.15) is 0 Å². The van der Waals surface area contributed by atoms with E-state index in [2.05, 4.69) is 16.9 Å². The highest BCUT2D eigenvalue weighted by Gasteiger charge is 2.14. The van der Waals surface area contributed by atoms with E-state index < -0.39 is 5.97 Å². The molecule has 24 heavy (non-hydrogen) atoms. The van der Waals surface area contributed by atoms with E-state index in [9.17, 15) is 9.59 Å². The summed E-state index contributed by atoms with van der Waals surface area (Å²) in [6.07, 6.45) is 0. The lowest BCUT2D eigenvalue weighted by Gasteiger charge is -2.22. The van der Waals surface area contributed by atoms with Crippen molar-refractivity contribution in [1.82, 2.24) is 5.32 Å². The second-order valence-corrected chi connectivity index (χ2v) is 4.94. The van der Waals surface area contributed by atoms with E-state index in [1.165, 1.54) is 4.90 Å². The van der Waals surface area contributed by atoms with Crippen LogP contribution in [0.1, 0.15) is 6.92 Å². The fourth-order valence-electron chi connectivity index (χ4n) is 1.76. The molecule has 0 spiro atoms. The minimum Gasteiger partial charge on any atom is -0.460 e. The number of nitrogens with two attached hydrogens (primary N) is 2. The van der Waals surface area contributed by atoms with E-state index >= 15 is 0 Å². The van der Waals surface area contributed by atoms with Crippen molar-refractivity contribution in [3.63, 3.8) is 0 Å². The van der Waals surface area contributed by atoms with Crippen LogP contribution in [0, 0.1) is 0 Å². The largest absolute Gasteiger partial charge is 0.460 e. The summed E-state index contributed by atoms with van der Waals surface area (Å²) in [5.74, 6) is -0.521. The average Bonchev–Trinajstić information content (AvgIpc) is 2.55. The lowest BCUT2D eigenvalue weighted by molar-refractivity contribution is -0.138. The minimum atomic E-state index is -0.489. The number of esters is 1. The van der Waals surface area contributed by atoms with Gasteiger partial charge in [-0.3, -0.25) is 9.89 Å². The number of benzene rings is 1. The smallest absolute Gasteiger partial charge is 0.333 e. The summed E-state index contributed by atoms with van der Waals surface area (Å²) in [5, 5.41) is 2.68. The zero-order chi connectivity index (χ0) is 17.9. The molecule has 2 amide bonds. The Morgan fingerprint density at radius 3 is 2.54 bits per heavy atom. The summed E-state index contributed by atoms with van der Waals surface area (Å²) in [6.45, 7) is 5.86. The Morgan fingerprint density at radius 1 is 1.29 bits per heavy atom. The van der Waals surface area contributed by atoms with Crippen LogP contribution < -0.4 is 21.7 Å². The van der Waals surface area contributed by atoms with Crippen LogP contribution in [0.3, 0.4) is 0 Å². The van der Waals surface area contributed by atoms with Gasteiger partial charge in [0.2, 0.25) is 0 Å². The van der Waals surface area contributed by atoms with Gasteiger partial charge in [-0.15, -0.1) is 0 Å². The third-order valence-electron chi connectivity index (χ3n) is 2.89. The molecule has 0 bridgehead atoms. The molecule has 0 saturated heterocycles. The molecule has 130 valence electrons. The molecule has 0 aliphatic rings. The molecule has 0 saturated carbocycles. The molecule has 8 heteroatoms. The van der Waals surface area contributed by atoms with E-state index in [1.807, 2.05) is 18.2 Å². The summed E-state index contributed by atoms with van der Waals surface area (Å²) >= 11 is 0. The first-order valence-electron chi connectivity index (χ1n) is 7.40. The number of hydrogen-bond acceptors (Lipinski definition) is 4. The van der Waals surface area contributed by atoms with Crippen molar-refractivity contribution in [2.45, 2.75) is 6.92 Å². The van der Waals surface area contributed by atoms with E-state index in [0.717, 1.165) is 0 Å². The first-order valence-corrected chi connectivity index (χ1v) is 7.40. The predicted molar refractivity (Wildman–Crippen MR) is 93.6 cm³/mol. The lowest BCUT2D eigenvalue weighted by atomic mass is 10.3. The predicted octanol–water partition coefficient (Wildman–Crippen LogP) is 0.595. The van der Waals surface area contributed by atoms with E-state index in [4.69, 9.17) is 16.2 Å². The van der Waals surface area contributed by atoms with Crippen LogP contribution in [0.5, 0.6) is 0 Å². The molecular weight excluding hydrogens is 310 g/mol. The highest BCUT2D eigenvalue weighted by molar-refractivity contribution is 5.92. The number of urea groups is 1. The number of aliphatic imine (C=N–C) groups is 1. The molecule has 0 atom stereocenters. The number of anilines is 1. The van der Waals surface area contributed by atoms with Crippen molar-refractivity contribution >= 4 is 23.6 Å². The van der Waals surface area contributed by atoms with Gasteiger partial charge in [0.1, 0.15) is 6.61 Å². The first kappa shape index (κ1) is 19.0. The number of ether oxygens (including phenoxy) is 1. The zero-order valence-electron chi connectivity index (χ0n) is 13.7. The van der Waals surface area contributed by atoms with Gasteiger partial charge in [-0.1, -0.05) is 24.8 Å². The minimum absolute atomic E-state index is 0.0323. The molecule has 0 fully saturated rings. The SMILES string of the molecule is C=C(C)C(=O)OCCNC(=O)N(CCN=C(N)N)c1ccccc1. The van der Waals surface area contributed by atoms with Crippen LogP contribution in [0.25, 0.3) is 0 Å². The number of carbonyl (C=O) groups is 2. The summed E-state index contributed by atoms with van der Waals surface area (Å²) in [5.41, 5.74) is 11.6. The number of carbonyl (C=O) groups excluding carboxylic acids is 2. The maximum atomic E-state index is 12.3. The van der Waals surface area contributed by atoms with E-state index in [-0.39, 0.29) is 31.7 Å². The topological polar surface area (TPSA) is 123 Å². The summed E-state index contributed by atoms with van der Waals surface area (Å²) in [4.78, 5) is 29.0. The normalized spacial score (nSPS) is 9.71. The number of guanidine groups is 1. The molecule has 1 aromatic rings. The average molecular weight is 333 g/mol. The Balaban J connectivity index is 2.59. The molecule has 5 N–H and O–H groups in total. The molecule has 0 aliphatic carbocycles. The summed E-state index contributed by atoms with van der Waals surface area (Å²) < 4.78 is 4.93. The number of hydrogen-bond donors (Lipinski definition) is 3. The Bertz CT molecular complexity index is 597. The molecule has 1 aromatic carbocycles. The van der Waals surface area contributed by atoms with Crippen molar-refractivity contribution in [1.29, 1.82) is 0 Å². The lowest BCUT2D eigenvalue weighted by Crippen LogP contribution is -2.43.